The Bertz CT molecular complexity index is 352. The SMILES string of the molecule is O=C1CCCN1CC(O)CN1CCC2(CCCCC2)C1. The van der Waals surface area contributed by atoms with Gasteiger partial charge in [-0.25, -0.2) is 0 Å². The molecular formula is C16H28N2O2. The maximum absolute atomic E-state index is 11.6. The van der Waals surface area contributed by atoms with Gasteiger partial charge in [0.1, 0.15) is 0 Å². The fourth-order valence-corrected chi connectivity index (χ4v) is 4.40. The van der Waals surface area contributed by atoms with Crippen molar-refractivity contribution >= 4 is 5.91 Å². The standard InChI is InChI=1S/C16H28N2O2/c19-14(12-18-9-4-5-15(18)20)11-17-10-8-16(13-17)6-2-1-3-7-16/h14,19H,1-13H2. The molecule has 20 heavy (non-hydrogen) atoms. The summed E-state index contributed by atoms with van der Waals surface area (Å²) in [6.45, 7) is 4.40. The van der Waals surface area contributed by atoms with Crippen LogP contribution in [0.2, 0.25) is 0 Å². The lowest BCUT2D eigenvalue weighted by atomic mass is 9.73. The molecule has 1 amide bonds. The zero-order valence-corrected chi connectivity index (χ0v) is 12.5. The highest BCUT2D eigenvalue weighted by Gasteiger charge is 2.39. The van der Waals surface area contributed by atoms with Crippen LogP contribution in [0.1, 0.15) is 51.4 Å². The Kier molecular flexibility index (Phi) is 4.32. The predicted octanol–water partition coefficient (Wildman–Crippen LogP) is 1.63. The van der Waals surface area contributed by atoms with Gasteiger partial charge in [0.25, 0.3) is 0 Å². The Hall–Kier alpha value is -0.610. The van der Waals surface area contributed by atoms with E-state index in [9.17, 15) is 9.90 Å². The van der Waals surface area contributed by atoms with E-state index in [2.05, 4.69) is 4.90 Å². The molecule has 2 saturated heterocycles. The van der Waals surface area contributed by atoms with Crippen molar-refractivity contribution in [1.82, 2.24) is 9.80 Å². The molecule has 3 fully saturated rings. The maximum atomic E-state index is 11.6. The quantitative estimate of drug-likeness (QED) is 0.851. The van der Waals surface area contributed by atoms with E-state index in [0.717, 1.165) is 32.6 Å². The van der Waals surface area contributed by atoms with E-state index in [-0.39, 0.29) is 12.0 Å². The van der Waals surface area contributed by atoms with Crippen LogP contribution in [0.15, 0.2) is 0 Å². The number of nitrogens with zero attached hydrogens (tertiary/aromatic N) is 2. The number of aliphatic hydroxyl groups is 1. The summed E-state index contributed by atoms with van der Waals surface area (Å²) in [5.41, 5.74) is 0.557. The molecule has 1 saturated carbocycles. The Morgan fingerprint density at radius 2 is 1.85 bits per heavy atom. The van der Waals surface area contributed by atoms with E-state index in [4.69, 9.17) is 0 Å². The molecule has 4 heteroatoms. The molecule has 1 aliphatic carbocycles. The fraction of sp³-hybridized carbons (Fsp3) is 0.938. The molecule has 0 bridgehead atoms. The average molecular weight is 280 g/mol. The van der Waals surface area contributed by atoms with Gasteiger partial charge in [-0.2, -0.15) is 0 Å². The first kappa shape index (κ1) is 14.3. The normalized spacial score (nSPS) is 28.4. The summed E-state index contributed by atoms with van der Waals surface area (Å²) in [6.07, 6.45) is 9.49. The number of carbonyl (C=O) groups excluding carboxylic acids is 1. The first-order chi connectivity index (χ1) is 9.67. The Morgan fingerprint density at radius 1 is 1.05 bits per heavy atom. The predicted molar refractivity (Wildman–Crippen MR) is 78.4 cm³/mol. The molecule has 3 aliphatic rings. The van der Waals surface area contributed by atoms with Crippen molar-refractivity contribution in [2.75, 3.05) is 32.7 Å². The van der Waals surface area contributed by atoms with Gasteiger partial charge < -0.3 is 14.9 Å². The van der Waals surface area contributed by atoms with Crippen molar-refractivity contribution in [3.63, 3.8) is 0 Å². The Balaban J connectivity index is 1.45. The van der Waals surface area contributed by atoms with Crippen molar-refractivity contribution in [3.05, 3.63) is 0 Å². The van der Waals surface area contributed by atoms with Crippen LogP contribution in [0.3, 0.4) is 0 Å². The summed E-state index contributed by atoms with van der Waals surface area (Å²) in [5.74, 6) is 0.217. The molecule has 0 aromatic heterocycles. The number of carbonyl (C=O) groups is 1. The van der Waals surface area contributed by atoms with Gasteiger partial charge in [0.2, 0.25) is 5.91 Å². The van der Waals surface area contributed by atoms with Crippen molar-refractivity contribution in [2.45, 2.75) is 57.5 Å². The highest BCUT2D eigenvalue weighted by Crippen LogP contribution is 2.43. The third kappa shape index (κ3) is 3.17. The van der Waals surface area contributed by atoms with E-state index in [1.54, 1.807) is 0 Å². The highest BCUT2D eigenvalue weighted by atomic mass is 16.3. The summed E-state index contributed by atoms with van der Waals surface area (Å²) in [5, 5.41) is 10.2. The summed E-state index contributed by atoms with van der Waals surface area (Å²) < 4.78 is 0. The summed E-state index contributed by atoms with van der Waals surface area (Å²) in [4.78, 5) is 15.8. The van der Waals surface area contributed by atoms with E-state index in [0.29, 0.717) is 18.4 Å². The van der Waals surface area contributed by atoms with Crippen molar-refractivity contribution in [2.24, 2.45) is 5.41 Å². The molecule has 1 unspecified atom stereocenters. The van der Waals surface area contributed by atoms with E-state index in [1.807, 2.05) is 4.90 Å². The van der Waals surface area contributed by atoms with Gasteiger partial charge in [0, 0.05) is 32.6 Å². The van der Waals surface area contributed by atoms with E-state index in [1.165, 1.54) is 38.5 Å². The van der Waals surface area contributed by atoms with Crippen LogP contribution in [0, 0.1) is 5.41 Å². The summed E-state index contributed by atoms with van der Waals surface area (Å²) in [6, 6.07) is 0. The molecular weight excluding hydrogens is 252 g/mol. The number of β-amino-alcohol motifs (C(OH)–C–C–N with tert-alkyl or cyclic N) is 1. The lowest BCUT2D eigenvalue weighted by Gasteiger charge is -2.33. The lowest BCUT2D eigenvalue weighted by Crippen LogP contribution is -2.41. The van der Waals surface area contributed by atoms with Gasteiger partial charge in [-0.15, -0.1) is 0 Å². The van der Waals surface area contributed by atoms with Crippen molar-refractivity contribution < 1.29 is 9.90 Å². The van der Waals surface area contributed by atoms with Crippen LogP contribution in [0.25, 0.3) is 0 Å². The average Bonchev–Trinajstić information content (AvgIpc) is 2.99. The third-order valence-corrected chi connectivity index (χ3v) is 5.50. The molecule has 3 rings (SSSR count). The van der Waals surface area contributed by atoms with E-state index >= 15 is 0 Å². The van der Waals surface area contributed by atoms with Crippen LogP contribution < -0.4 is 0 Å². The number of rotatable bonds is 4. The lowest BCUT2D eigenvalue weighted by molar-refractivity contribution is -0.129. The minimum Gasteiger partial charge on any atom is -0.390 e. The number of likely N-dealkylation sites (tertiary alicyclic amines) is 2. The van der Waals surface area contributed by atoms with Crippen molar-refractivity contribution in [3.8, 4) is 0 Å². The topological polar surface area (TPSA) is 43.8 Å². The number of hydrogen-bond donors (Lipinski definition) is 1. The molecule has 2 heterocycles. The highest BCUT2D eigenvalue weighted by molar-refractivity contribution is 5.78. The zero-order valence-electron chi connectivity index (χ0n) is 12.5. The largest absolute Gasteiger partial charge is 0.390 e. The van der Waals surface area contributed by atoms with Gasteiger partial charge >= 0.3 is 0 Å². The van der Waals surface area contributed by atoms with Crippen LogP contribution >= 0.6 is 0 Å². The van der Waals surface area contributed by atoms with Gasteiger partial charge in [-0.05, 0) is 37.6 Å². The first-order valence-electron chi connectivity index (χ1n) is 8.35. The molecule has 114 valence electrons. The van der Waals surface area contributed by atoms with Gasteiger partial charge in [0.05, 0.1) is 6.10 Å². The summed E-state index contributed by atoms with van der Waals surface area (Å²) >= 11 is 0. The van der Waals surface area contributed by atoms with Crippen LogP contribution in [0.4, 0.5) is 0 Å². The maximum Gasteiger partial charge on any atom is 0.222 e. The second-order valence-electron chi connectivity index (χ2n) is 7.14. The van der Waals surface area contributed by atoms with Gasteiger partial charge in [-0.1, -0.05) is 19.3 Å². The third-order valence-electron chi connectivity index (χ3n) is 5.50. The second kappa shape index (κ2) is 6.02. The van der Waals surface area contributed by atoms with E-state index < -0.39 is 0 Å². The Labute approximate surface area is 122 Å². The van der Waals surface area contributed by atoms with Gasteiger partial charge in [0.15, 0.2) is 0 Å². The summed E-state index contributed by atoms with van der Waals surface area (Å²) in [7, 11) is 0. The minimum atomic E-state index is -0.379. The number of amides is 1. The number of hydrogen-bond acceptors (Lipinski definition) is 3. The number of aliphatic hydroxyl groups excluding tert-OH is 1. The van der Waals surface area contributed by atoms with Crippen LogP contribution in [0.5, 0.6) is 0 Å². The molecule has 4 nitrogen and oxygen atoms in total. The molecule has 1 atom stereocenters. The molecule has 0 aromatic carbocycles. The second-order valence-corrected chi connectivity index (χ2v) is 7.14. The molecule has 0 aromatic rings. The smallest absolute Gasteiger partial charge is 0.222 e. The zero-order chi connectivity index (χ0) is 14.0. The first-order valence-corrected chi connectivity index (χ1v) is 8.35. The molecule has 0 radical (unpaired) electrons. The van der Waals surface area contributed by atoms with Crippen molar-refractivity contribution in [1.29, 1.82) is 0 Å². The monoisotopic (exact) mass is 280 g/mol. The minimum absolute atomic E-state index is 0.217. The fourth-order valence-electron chi connectivity index (χ4n) is 4.40. The van der Waals surface area contributed by atoms with Crippen LogP contribution in [-0.2, 0) is 4.79 Å². The Morgan fingerprint density at radius 3 is 2.55 bits per heavy atom. The molecule has 1 N–H and O–H groups in total. The molecule has 2 aliphatic heterocycles. The molecule has 1 spiro atoms. The van der Waals surface area contributed by atoms with Gasteiger partial charge in [-0.3, -0.25) is 4.79 Å². The van der Waals surface area contributed by atoms with Crippen LogP contribution in [-0.4, -0.2) is 59.6 Å².